The van der Waals surface area contributed by atoms with Crippen LogP contribution in [0.1, 0.15) is 17.3 Å². The van der Waals surface area contributed by atoms with Gasteiger partial charge in [0.25, 0.3) is 0 Å². The molecule has 190 valence electrons. The monoisotopic (exact) mass is 586 g/mol. The van der Waals surface area contributed by atoms with E-state index in [2.05, 4.69) is 15.9 Å². The molecule has 0 aliphatic carbocycles. The van der Waals surface area contributed by atoms with Crippen molar-refractivity contribution >= 4 is 49.4 Å². The lowest BCUT2D eigenvalue weighted by Crippen LogP contribution is -2.13. The van der Waals surface area contributed by atoms with Crippen LogP contribution in [0.15, 0.2) is 81.0 Å². The molecule has 1 atom stereocenters. The summed E-state index contributed by atoms with van der Waals surface area (Å²) in [5.41, 5.74) is -0.315. The van der Waals surface area contributed by atoms with E-state index in [1.54, 1.807) is 42.5 Å². The van der Waals surface area contributed by atoms with E-state index < -0.39 is 28.6 Å². The van der Waals surface area contributed by atoms with Crippen molar-refractivity contribution < 1.29 is 37.1 Å². The van der Waals surface area contributed by atoms with Crippen molar-refractivity contribution in [2.24, 2.45) is 0 Å². The highest BCUT2D eigenvalue weighted by atomic mass is 79.9. The van der Waals surface area contributed by atoms with Gasteiger partial charge in [0.05, 0.1) is 40.4 Å². The summed E-state index contributed by atoms with van der Waals surface area (Å²) in [6.45, 7) is 1.22. The smallest absolute Gasteiger partial charge is 0.346 e. The van der Waals surface area contributed by atoms with Crippen LogP contribution in [0.2, 0.25) is 0 Å². The Morgan fingerprint density at radius 1 is 0.784 bits per heavy atom. The van der Waals surface area contributed by atoms with Crippen molar-refractivity contribution in [3.8, 4) is 23.0 Å². The Morgan fingerprint density at radius 2 is 1.41 bits per heavy atom. The standard InChI is InChI=1S/C27H20BrFO7S/c1-15(30)35-23-17-10-8-14-21(37(32)20-13-7-5-11-18(20)28)22(17)24(26(34-3)25(23)33-2)36-27(31)16-9-4-6-12-19(16)29/h4-14H,1-3H3. The maximum absolute atomic E-state index is 14.4. The van der Waals surface area contributed by atoms with Gasteiger partial charge in [0, 0.05) is 22.2 Å². The molecule has 0 saturated carbocycles. The molecule has 0 N–H and O–H groups in total. The van der Waals surface area contributed by atoms with Crippen molar-refractivity contribution in [1.82, 2.24) is 0 Å². The molecule has 37 heavy (non-hydrogen) atoms. The molecular formula is C27H20BrFO7S. The van der Waals surface area contributed by atoms with Gasteiger partial charge >= 0.3 is 11.9 Å². The Kier molecular flexibility index (Phi) is 7.89. The number of ether oxygens (including phenoxy) is 4. The lowest BCUT2D eigenvalue weighted by Gasteiger charge is -2.21. The van der Waals surface area contributed by atoms with Gasteiger partial charge in [0.1, 0.15) is 5.82 Å². The molecule has 1 unspecified atom stereocenters. The van der Waals surface area contributed by atoms with Gasteiger partial charge in [-0.25, -0.2) is 13.4 Å². The van der Waals surface area contributed by atoms with Crippen molar-refractivity contribution in [3.63, 3.8) is 0 Å². The third-order valence-electron chi connectivity index (χ3n) is 5.30. The molecule has 0 heterocycles. The Balaban J connectivity index is 2.07. The Morgan fingerprint density at radius 3 is 2.05 bits per heavy atom. The molecule has 4 rings (SSSR count). The highest BCUT2D eigenvalue weighted by molar-refractivity contribution is 9.10. The van der Waals surface area contributed by atoms with E-state index >= 15 is 0 Å². The number of carbonyl (C=O) groups excluding carboxylic acids is 2. The first kappa shape index (κ1) is 26.3. The number of carbonyl (C=O) groups is 2. The number of benzene rings is 4. The van der Waals surface area contributed by atoms with Crippen LogP contribution in [-0.4, -0.2) is 30.4 Å². The Hall–Kier alpha value is -3.76. The molecule has 10 heteroatoms. The van der Waals surface area contributed by atoms with Crippen LogP contribution in [0.25, 0.3) is 10.8 Å². The summed E-state index contributed by atoms with van der Waals surface area (Å²) in [6.07, 6.45) is 0. The minimum atomic E-state index is -1.80. The quantitative estimate of drug-likeness (QED) is 0.192. The van der Waals surface area contributed by atoms with Crippen LogP contribution in [0.5, 0.6) is 23.0 Å². The normalized spacial score (nSPS) is 11.6. The lowest BCUT2D eigenvalue weighted by atomic mass is 10.1. The summed E-state index contributed by atoms with van der Waals surface area (Å²) < 4.78 is 51.0. The molecule has 4 aromatic rings. The highest BCUT2D eigenvalue weighted by Crippen LogP contribution is 2.53. The van der Waals surface area contributed by atoms with Gasteiger partial charge in [0.2, 0.25) is 11.5 Å². The summed E-state index contributed by atoms with van der Waals surface area (Å²) in [7, 11) is 0.826. The first-order valence-electron chi connectivity index (χ1n) is 10.8. The molecule has 7 nitrogen and oxygen atoms in total. The number of rotatable bonds is 7. The maximum atomic E-state index is 14.4. The summed E-state index contributed by atoms with van der Waals surface area (Å²) in [5, 5.41) is 0.428. The molecule has 0 aromatic heterocycles. The van der Waals surface area contributed by atoms with Crippen molar-refractivity contribution in [3.05, 3.63) is 82.6 Å². The van der Waals surface area contributed by atoms with Crippen LogP contribution < -0.4 is 18.9 Å². The largest absolute Gasteiger partial charge is 0.490 e. The zero-order valence-corrected chi connectivity index (χ0v) is 22.3. The van der Waals surface area contributed by atoms with Gasteiger partial charge in [0.15, 0.2) is 11.5 Å². The van der Waals surface area contributed by atoms with E-state index in [9.17, 15) is 18.2 Å². The van der Waals surface area contributed by atoms with E-state index in [0.717, 1.165) is 6.07 Å². The minimum Gasteiger partial charge on any atom is -0.490 e. The second-order valence-electron chi connectivity index (χ2n) is 7.57. The number of esters is 2. The SMILES string of the molecule is COc1c(OC)c(OC(=O)c2ccccc2F)c2c(S(=O)c3ccccc3Br)cccc2c1OC(C)=O. The third-order valence-corrected chi connectivity index (χ3v) is 7.74. The average Bonchev–Trinajstić information content (AvgIpc) is 2.89. The van der Waals surface area contributed by atoms with E-state index in [-0.39, 0.29) is 44.2 Å². The van der Waals surface area contributed by atoms with Gasteiger partial charge in [-0.3, -0.25) is 4.79 Å². The molecule has 0 bridgehead atoms. The van der Waals surface area contributed by atoms with Gasteiger partial charge < -0.3 is 18.9 Å². The minimum absolute atomic E-state index is 0.0153. The molecule has 0 saturated heterocycles. The number of halogens is 2. The zero-order valence-electron chi connectivity index (χ0n) is 19.9. The molecule has 4 aromatic carbocycles. The molecule has 0 aliphatic rings. The molecule has 0 spiro atoms. The van der Waals surface area contributed by atoms with Crippen LogP contribution in [0, 0.1) is 5.82 Å². The van der Waals surface area contributed by atoms with Crippen LogP contribution in [0.4, 0.5) is 4.39 Å². The van der Waals surface area contributed by atoms with E-state index in [1.165, 1.54) is 39.3 Å². The van der Waals surface area contributed by atoms with Gasteiger partial charge in [-0.1, -0.05) is 36.4 Å². The number of fused-ring (bicyclic) bond motifs is 1. The number of hydrogen-bond acceptors (Lipinski definition) is 7. The van der Waals surface area contributed by atoms with Crippen molar-refractivity contribution in [2.75, 3.05) is 14.2 Å². The predicted octanol–water partition coefficient (Wildman–Crippen LogP) is 6.07. The first-order chi connectivity index (χ1) is 17.8. The van der Waals surface area contributed by atoms with Crippen molar-refractivity contribution in [1.29, 1.82) is 0 Å². The third kappa shape index (κ3) is 5.07. The van der Waals surface area contributed by atoms with E-state index in [4.69, 9.17) is 18.9 Å². The van der Waals surface area contributed by atoms with E-state index in [1.807, 2.05) is 0 Å². The van der Waals surface area contributed by atoms with E-state index in [0.29, 0.717) is 9.37 Å². The lowest BCUT2D eigenvalue weighted by molar-refractivity contribution is -0.131. The molecule has 0 aliphatic heterocycles. The summed E-state index contributed by atoms with van der Waals surface area (Å²) in [4.78, 5) is 25.8. The molecule has 0 radical (unpaired) electrons. The second kappa shape index (κ2) is 11.1. The predicted molar refractivity (Wildman–Crippen MR) is 139 cm³/mol. The molecule has 0 amide bonds. The van der Waals surface area contributed by atoms with Crippen LogP contribution in [-0.2, 0) is 15.6 Å². The van der Waals surface area contributed by atoms with Crippen LogP contribution >= 0.6 is 15.9 Å². The summed E-state index contributed by atoms with van der Waals surface area (Å²) in [6, 6.07) is 17.1. The molecule has 0 fully saturated rings. The summed E-state index contributed by atoms with van der Waals surface area (Å²) in [5.74, 6) is -2.77. The average molecular weight is 587 g/mol. The van der Waals surface area contributed by atoms with Gasteiger partial charge in [-0.05, 0) is 46.3 Å². The summed E-state index contributed by atoms with van der Waals surface area (Å²) >= 11 is 3.42. The van der Waals surface area contributed by atoms with Gasteiger partial charge in [-0.15, -0.1) is 0 Å². The Bertz CT molecular complexity index is 1550. The Labute approximate surface area is 222 Å². The van der Waals surface area contributed by atoms with Gasteiger partial charge in [-0.2, -0.15) is 0 Å². The second-order valence-corrected chi connectivity index (χ2v) is 9.84. The molecular weight excluding hydrogens is 567 g/mol. The number of methoxy groups -OCH3 is 2. The zero-order chi connectivity index (χ0) is 26.7. The fourth-order valence-corrected chi connectivity index (χ4v) is 5.75. The fourth-order valence-electron chi connectivity index (χ4n) is 3.75. The van der Waals surface area contributed by atoms with Crippen molar-refractivity contribution in [2.45, 2.75) is 16.7 Å². The van der Waals surface area contributed by atoms with Crippen LogP contribution in [0.3, 0.4) is 0 Å². The highest BCUT2D eigenvalue weighted by Gasteiger charge is 2.30. The maximum Gasteiger partial charge on any atom is 0.346 e. The fraction of sp³-hybridized carbons (Fsp3) is 0.111. The topological polar surface area (TPSA) is 88.1 Å². The first-order valence-corrected chi connectivity index (χ1v) is 12.7. The number of hydrogen-bond donors (Lipinski definition) is 0.